The molecule has 4 aromatic carbocycles. The predicted molar refractivity (Wildman–Crippen MR) is 275 cm³/mol. The molecule has 3 heterocycles. The van der Waals surface area contributed by atoms with Gasteiger partial charge >= 0.3 is 6.18 Å². The van der Waals surface area contributed by atoms with Crippen LogP contribution in [-0.2, 0) is 36.6 Å². The lowest BCUT2D eigenvalue weighted by atomic mass is 9.85. The molecular formula is C54H58F3N7O6S2. The summed E-state index contributed by atoms with van der Waals surface area (Å²) in [5.41, 5.74) is 3.50. The molecule has 13 nitrogen and oxygen atoms in total. The number of amides is 4. The number of carbonyl (C=O) groups is 4. The van der Waals surface area contributed by atoms with Gasteiger partial charge in [0.25, 0.3) is 5.91 Å². The van der Waals surface area contributed by atoms with Crippen molar-refractivity contribution in [2.45, 2.75) is 111 Å². The van der Waals surface area contributed by atoms with Gasteiger partial charge < -0.3 is 29.9 Å². The first-order valence-electron chi connectivity index (χ1n) is 23.7. The van der Waals surface area contributed by atoms with Crippen molar-refractivity contribution in [3.05, 3.63) is 119 Å². The highest BCUT2D eigenvalue weighted by molar-refractivity contribution is 7.81. The largest absolute Gasteiger partial charge is 0.491 e. The fourth-order valence-corrected chi connectivity index (χ4v) is 10.2. The van der Waals surface area contributed by atoms with Crippen molar-refractivity contribution in [1.29, 1.82) is 5.26 Å². The van der Waals surface area contributed by atoms with Crippen molar-refractivity contribution in [3.8, 4) is 33.4 Å². The number of aromatic nitrogens is 1. The molecule has 2 saturated heterocycles. The minimum atomic E-state index is -4.80. The van der Waals surface area contributed by atoms with Crippen LogP contribution in [0.3, 0.4) is 0 Å². The Hall–Kier alpha value is -6.68. The van der Waals surface area contributed by atoms with Crippen LogP contribution in [0.4, 0.5) is 24.5 Å². The third kappa shape index (κ3) is 12.0. The summed E-state index contributed by atoms with van der Waals surface area (Å²) in [6.45, 7) is 13.7. The number of carbonyl (C=O) groups excluding carboxylic acids is 4. The van der Waals surface area contributed by atoms with Gasteiger partial charge in [0.1, 0.15) is 30.0 Å². The van der Waals surface area contributed by atoms with Crippen LogP contribution >= 0.6 is 23.6 Å². The molecule has 7 rings (SSSR count). The van der Waals surface area contributed by atoms with Gasteiger partial charge in [-0.05, 0) is 136 Å². The van der Waals surface area contributed by atoms with Crippen molar-refractivity contribution in [2.24, 2.45) is 5.41 Å². The second-order valence-corrected chi connectivity index (χ2v) is 20.8. The number of hydrogen-bond acceptors (Lipinski definition) is 10. The van der Waals surface area contributed by atoms with E-state index in [9.17, 15) is 37.6 Å². The van der Waals surface area contributed by atoms with Gasteiger partial charge in [-0.1, -0.05) is 69.3 Å². The quantitative estimate of drug-likeness (QED) is 0.0679. The van der Waals surface area contributed by atoms with Gasteiger partial charge in [0.05, 0.1) is 45.1 Å². The van der Waals surface area contributed by atoms with E-state index >= 15 is 0 Å². The molecule has 0 spiro atoms. The SMILES string of the molecule is Cc1ncsc1-c1ccc(CNC(=O)[C@@H]2CCCN2C(=O)C(NC(=O)COCCC[C@@H](C)Oc2ccc(-c3ccc(N4C(=S)N(c5ccc(C#N)c(C(F)(F)F)c5)C(=O)C4(C)C)cc3)cc2)C(C)(C)C)cc1. The van der Waals surface area contributed by atoms with Gasteiger partial charge in [-0.2, -0.15) is 18.4 Å². The van der Waals surface area contributed by atoms with Crippen LogP contribution in [0.5, 0.6) is 5.75 Å². The lowest BCUT2D eigenvalue weighted by Gasteiger charge is -2.35. The first kappa shape index (κ1) is 53.1. The molecule has 2 fully saturated rings. The highest BCUT2D eigenvalue weighted by Gasteiger charge is 2.51. The van der Waals surface area contributed by atoms with E-state index in [0.717, 1.165) is 49.9 Å². The molecule has 0 saturated carbocycles. The Labute approximate surface area is 427 Å². The van der Waals surface area contributed by atoms with Gasteiger partial charge in [0.2, 0.25) is 17.7 Å². The number of nitrogens with zero attached hydrogens (tertiary/aromatic N) is 5. The normalized spacial score (nSPS) is 16.6. The molecule has 378 valence electrons. The summed E-state index contributed by atoms with van der Waals surface area (Å²) in [7, 11) is 0. The number of nitriles is 1. The molecule has 5 aromatic rings. The van der Waals surface area contributed by atoms with E-state index in [1.54, 1.807) is 53.2 Å². The van der Waals surface area contributed by atoms with Crippen LogP contribution in [0.15, 0.2) is 96.5 Å². The van der Waals surface area contributed by atoms with E-state index in [2.05, 4.69) is 15.6 Å². The summed E-state index contributed by atoms with van der Waals surface area (Å²) in [6, 6.07) is 26.0. The Morgan fingerprint density at radius 3 is 2.21 bits per heavy atom. The third-order valence-electron chi connectivity index (χ3n) is 12.8. The number of thiazole rings is 1. The van der Waals surface area contributed by atoms with Gasteiger partial charge in [-0.15, -0.1) is 11.3 Å². The van der Waals surface area contributed by atoms with Gasteiger partial charge in [-0.3, -0.25) is 24.1 Å². The Morgan fingerprint density at radius 2 is 1.60 bits per heavy atom. The van der Waals surface area contributed by atoms with E-state index in [1.165, 1.54) is 6.07 Å². The number of halogens is 3. The van der Waals surface area contributed by atoms with E-state index < -0.39 is 52.2 Å². The van der Waals surface area contributed by atoms with E-state index in [4.69, 9.17) is 21.7 Å². The summed E-state index contributed by atoms with van der Waals surface area (Å²) in [6.07, 6.45) is -2.49. The Bertz CT molecular complexity index is 2840. The maximum Gasteiger partial charge on any atom is 0.417 e. The smallest absolute Gasteiger partial charge is 0.417 e. The lowest BCUT2D eigenvalue weighted by Crippen LogP contribution is -2.58. The van der Waals surface area contributed by atoms with Crippen molar-refractivity contribution < 1.29 is 41.8 Å². The van der Waals surface area contributed by atoms with Crippen LogP contribution in [0.1, 0.15) is 89.6 Å². The molecule has 0 radical (unpaired) electrons. The molecule has 1 aromatic heterocycles. The number of rotatable bonds is 17. The number of ether oxygens (including phenoxy) is 2. The molecule has 72 heavy (non-hydrogen) atoms. The van der Waals surface area contributed by atoms with Crippen molar-refractivity contribution in [2.75, 3.05) is 29.6 Å². The molecule has 0 bridgehead atoms. The van der Waals surface area contributed by atoms with Crippen molar-refractivity contribution in [1.82, 2.24) is 20.5 Å². The molecule has 4 amide bonds. The zero-order valence-electron chi connectivity index (χ0n) is 41.3. The first-order chi connectivity index (χ1) is 34.1. The second kappa shape index (κ2) is 22.0. The fraction of sp³-hybridized carbons (Fsp3) is 0.389. The number of anilines is 2. The second-order valence-electron chi connectivity index (χ2n) is 19.6. The molecule has 0 aliphatic carbocycles. The van der Waals surface area contributed by atoms with E-state index in [0.29, 0.717) is 56.8 Å². The monoisotopic (exact) mass is 1020 g/mol. The maximum atomic E-state index is 14.0. The summed E-state index contributed by atoms with van der Waals surface area (Å²) < 4.78 is 53.2. The fourth-order valence-electron chi connectivity index (χ4n) is 8.90. The Morgan fingerprint density at radius 1 is 0.958 bits per heavy atom. The third-order valence-corrected chi connectivity index (χ3v) is 14.2. The molecule has 3 atom stereocenters. The highest BCUT2D eigenvalue weighted by atomic mass is 32.1. The standard InChI is InChI=1S/C54H58F3N7O6S2/c1-33(70-42-24-19-37(20-25-42)36-16-21-40(22-17-36)64-51(71)63(50(68)53(64,6)7)41-23-18-39(29-58)43(28-41)54(55,56)57)10-9-27-69-31-45(65)61-47(52(3,4)5)49(67)62-26-8-11-44(62)48(66)59-30-35-12-14-38(15-13-35)46-34(2)60-32-72-46/h12-25,28,32-33,44,47H,8-11,26-27,30-31H2,1-7H3,(H,59,66)(H,61,65)/t33-,44+,47?/m1/s1. The first-order valence-corrected chi connectivity index (χ1v) is 25.0. The molecule has 2 aliphatic rings. The summed E-state index contributed by atoms with van der Waals surface area (Å²) >= 11 is 7.27. The topological polar surface area (TPSA) is 157 Å². The van der Waals surface area contributed by atoms with Crippen LogP contribution in [-0.4, -0.2) is 82.1 Å². The number of likely N-dealkylation sites (tertiary alicyclic amines) is 1. The predicted octanol–water partition coefficient (Wildman–Crippen LogP) is 10.00. The molecule has 2 aliphatic heterocycles. The average molecular weight is 1020 g/mol. The van der Waals surface area contributed by atoms with Crippen LogP contribution in [0, 0.1) is 23.7 Å². The molecule has 1 unspecified atom stereocenters. The number of aryl methyl sites for hydroxylation is 1. The molecular weight excluding hydrogens is 964 g/mol. The number of hydrogen-bond donors (Lipinski definition) is 2. The number of thiocarbonyl (C=S) groups is 1. The van der Waals surface area contributed by atoms with Crippen LogP contribution in [0.2, 0.25) is 0 Å². The van der Waals surface area contributed by atoms with Crippen molar-refractivity contribution in [3.63, 3.8) is 0 Å². The van der Waals surface area contributed by atoms with E-state index in [1.807, 2.05) is 101 Å². The Kier molecular flexibility index (Phi) is 16.2. The summed E-state index contributed by atoms with van der Waals surface area (Å²) in [5, 5.41) is 15.1. The van der Waals surface area contributed by atoms with E-state index in [-0.39, 0.29) is 35.3 Å². The number of alkyl halides is 3. The number of nitrogens with one attached hydrogen (secondary N) is 2. The Balaban J connectivity index is 0.848. The molecule has 18 heteroatoms. The summed E-state index contributed by atoms with van der Waals surface area (Å²) in [5.74, 6) is -0.799. The minimum Gasteiger partial charge on any atom is -0.491 e. The maximum absolute atomic E-state index is 14.0. The van der Waals surface area contributed by atoms with Gasteiger partial charge in [0, 0.05) is 25.4 Å². The van der Waals surface area contributed by atoms with Crippen molar-refractivity contribution >= 4 is 63.7 Å². The average Bonchev–Trinajstić information content (AvgIpc) is 4.05. The highest BCUT2D eigenvalue weighted by Crippen LogP contribution is 2.40. The van der Waals surface area contributed by atoms with Gasteiger partial charge in [-0.25, -0.2) is 4.98 Å². The van der Waals surface area contributed by atoms with Crippen LogP contribution < -0.4 is 25.2 Å². The molecule has 2 N–H and O–H groups in total. The number of benzene rings is 4. The minimum absolute atomic E-state index is 0.00879. The van der Waals surface area contributed by atoms with Gasteiger partial charge in [0.15, 0.2) is 5.11 Å². The lowest BCUT2D eigenvalue weighted by molar-refractivity contribution is -0.144. The van der Waals surface area contributed by atoms with Crippen LogP contribution in [0.25, 0.3) is 21.6 Å². The zero-order valence-corrected chi connectivity index (χ0v) is 42.9. The zero-order chi connectivity index (χ0) is 52.1. The summed E-state index contributed by atoms with van der Waals surface area (Å²) in [4.78, 5) is 63.9.